The van der Waals surface area contributed by atoms with Crippen LogP contribution in [0, 0.1) is 11.6 Å². The predicted molar refractivity (Wildman–Crippen MR) is 61.3 cm³/mol. The number of rotatable bonds is 5. The number of halogens is 2. The highest BCUT2D eigenvalue weighted by Gasteiger charge is 2.09. The summed E-state index contributed by atoms with van der Waals surface area (Å²) in [5.41, 5.74) is 5.80. The Labute approximate surface area is 99.0 Å². The molecule has 17 heavy (non-hydrogen) atoms. The lowest BCUT2D eigenvalue weighted by Gasteiger charge is -2.10. The van der Waals surface area contributed by atoms with Crippen LogP contribution < -0.4 is 11.1 Å². The maximum absolute atomic E-state index is 13.2. The van der Waals surface area contributed by atoms with Gasteiger partial charge < -0.3 is 11.1 Å². The van der Waals surface area contributed by atoms with E-state index in [9.17, 15) is 13.6 Å². The van der Waals surface area contributed by atoms with Crippen molar-refractivity contribution in [3.8, 4) is 0 Å². The van der Waals surface area contributed by atoms with Crippen LogP contribution in [0.1, 0.15) is 18.9 Å². The van der Waals surface area contributed by atoms with Gasteiger partial charge in [-0.1, -0.05) is 13.0 Å². The number of hydrogen-bond acceptors (Lipinski definition) is 2. The van der Waals surface area contributed by atoms with Crippen molar-refractivity contribution in [2.24, 2.45) is 5.73 Å². The van der Waals surface area contributed by atoms with Crippen molar-refractivity contribution < 1.29 is 13.6 Å². The fraction of sp³-hybridized carbons (Fsp3) is 0.417. The third-order valence-electron chi connectivity index (χ3n) is 2.45. The van der Waals surface area contributed by atoms with Crippen LogP contribution in [-0.4, -0.2) is 18.5 Å². The average Bonchev–Trinajstić information content (AvgIpc) is 2.29. The number of carbonyl (C=O) groups excluding carboxylic acids is 1. The lowest BCUT2D eigenvalue weighted by atomic mass is 10.1. The number of nitrogens with one attached hydrogen (secondary N) is 1. The second-order valence-electron chi connectivity index (χ2n) is 3.88. The number of benzene rings is 1. The van der Waals surface area contributed by atoms with E-state index in [1.54, 1.807) is 0 Å². The van der Waals surface area contributed by atoms with Gasteiger partial charge in [0.25, 0.3) is 0 Å². The summed E-state index contributed by atoms with van der Waals surface area (Å²) in [5.74, 6) is -1.68. The van der Waals surface area contributed by atoms with Crippen LogP contribution in [0.25, 0.3) is 0 Å². The van der Waals surface area contributed by atoms with Gasteiger partial charge >= 0.3 is 0 Å². The van der Waals surface area contributed by atoms with Crippen LogP contribution in [0.5, 0.6) is 0 Å². The molecule has 1 aromatic rings. The maximum atomic E-state index is 13.2. The summed E-state index contributed by atoms with van der Waals surface area (Å²) in [6, 6.07) is 3.06. The lowest BCUT2D eigenvalue weighted by Crippen LogP contribution is -2.37. The summed E-state index contributed by atoms with van der Waals surface area (Å²) in [6.45, 7) is 2.27. The summed E-state index contributed by atoms with van der Waals surface area (Å²) in [6.07, 6.45) is 0.647. The molecule has 1 rings (SSSR count). The highest BCUT2D eigenvalue weighted by atomic mass is 19.1. The van der Waals surface area contributed by atoms with Crippen LogP contribution in [0.4, 0.5) is 8.78 Å². The third-order valence-corrected chi connectivity index (χ3v) is 2.45. The Bertz CT molecular complexity index is 396. The summed E-state index contributed by atoms with van der Waals surface area (Å²) >= 11 is 0. The first-order chi connectivity index (χ1) is 8.02. The summed E-state index contributed by atoms with van der Waals surface area (Å²) in [5, 5.41) is 2.60. The fourth-order valence-corrected chi connectivity index (χ4v) is 1.29. The van der Waals surface area contributed by atoms with Crippen molar-refractivity contribution in [3.05, 3.63) is 35.4 Å². The minimum atomic E-state index is -0.708. The van der Waals surface area contributed by atoms with Crippen molar-refractivity contribution in [1.29, 1.82) is 0 Å². The molecule has 5 heteroatoms. The molecule has 1 amide bonds. The lowest BCUT2D eigenvalue weighted by molar-refractivity contribution is -0.120. The van der Waals surface area contributed by atoms with E-state index in [1.165, 1.54) is 6.07 Å². The van der Waals surface area contributed by atoms with E-state index in [-0.39, 0.29) is 23.9 Å². The number of carbonyl (C=O) groups is 1. The average molecular weight is 242 g/mol. The Hall–Kier alpha value is -1.49. The molecule has 0 saturated carbocycles. The number of nitrogens with two attached hydrogens (primary N) is 1. The molecule has 94 valence electrons. The molecular formula is C12H16F2N2O. The predicted octanol–water partition coefficient (Wildman–Crippen LogP) is 1.36. The third kappa shape index (κ3) is 4.48. The van der Waals surface area contributed by atoms with Gasteiger partial charge in [0.1, 0.15) is 11.6 Å². The summed E-state index contributed by atoms with van der Waals surface area (Å²) in [4.78, 5) is 11.4. The van der Waals surface area contributed by atoms with Crippen molar-refractivity contribution in [3.63, 3.8) is 0 Å². The van der Waals surface area contributed by atoms with E-state index in [4.69, 9.17) is 5.73 Å². The first-order valence-corrected chi connectivity index (χ1v) is 5.49. The van der Waals surface area contributed by atoms with Gasteiger partial charge in [0.2, 0.25) is 5.91 Å². The second kappa shape index (κ2) is 6.30. The minimum Gasteiger partial charge on any atom is -0.354 e. The monoisotopic (exact) mass is 242 g/mol. The summed E-state index contributed by atoms with van der Waals surface area (Å²) < 4.78 is 25.9. The molecule has 0 fully saturated rings. The van der Waals surface area contributed by atoms with E-state index in [2.05, 4.69) is 5.32 Å². The SMILES string of the molecule is CCC(N)CNC(=O)Cc1ccc(F)cc1F. The van der Waals surface area contributed by atoms with Crippen molar-refractivity contribution in [2.75, 3.05) is 6.54 Å². The van der Waals surface area contributed by atoms with Gasteiger partial charge in [-0.25, -0.2) is 8.78 Å². The van der Waals surface area contributed by atoms with Crippen LogP contribution in [0.15, 0.2) is 18.2 Å². The topological polar surface area (TPSA) is 55.1 Å². The molecule has 0 radical (unpaired) electrons. The zero-order valence-electron chi connectivity index (χ0n) is 9.67. The van der Waals surface area contributed by atoms with E-state index in [0.717, 1.165) is 18.6 Å². The Morgan fingerprint density at radius 1 is 1.47 bits per heavy atom. The van der Waals surface area contributed by atoms with Crippen LogP contribution in [0.2, 0.25) is 0 Å². The van der Waals surface area contributed by atoms with Gasteiger partial charge in [-0.05, 0) is 18.1 Å². The van der Waals surface area contributed by atoms with Crippen molar-refractivity contribution in [2.45, 2.75) is 25.8 Å². The van der Waals surface area contributed by atoms with Gasteiger partial charge in [0, 0.05) is 18.7 Å². The molecule has 1 aromatic carbocycles. The van der Waals surface area contributed by atoms with Gasteiger partial charge in [0.05, 0.1) is 6.42 Å². The molecule has 1 atom stereocenters. The molecule has 0 aliphatic rings. The van der Waals surface area contributed by atoms with Crippen molar-refractivity contribution >= 4 is 5.91 Å². The zero-order valence-corrected chi connectivity index (χ0v) is 9.67. The first kappa shape index (κ1) is 13.6. The molecule has 0 aliphatic carbocycles. The highest BCUT2D eigenvalue weighted by molar-refractivity contribution is 5.78. The zero-order chi connectivity index (χ0) is 12.8. The molecule has 0 aliphatic heterocycles. The quantitative estimate of drug-likeness (QED) is 0.819. The largest absolute Gasteiger partial charge is 0.354 e. The van der Waals surface area contributed by atoms with Gasteiger partial charge in [-0.3, -0.25) is 4.79 Å². The van der Waals surface area contributed by atoms with E-state index < -0.39 is 11.6 Å². The molecule has 1 unspecified atom stereocenters. The summed E-state index contributed by atoms with van der Waals surface area (Å²) in [7, 11) is 0. The second-order valence-corrected chi connectivity index (χ2v) is 3.88. The van der Waals surface area contributed by atoms with Crippen LogP contribution in [0.3, 0.4) is 0 Å². The molecule has 0 spiro atoms. The normalized spacial score (nSPS) is 12.2. The number of amides is 1. The standard InChI is InChI=1S/C12H16F2N2O/c1-2-10(15)7-16-12(17)5-8-3-4-9(13)6-11(8)14/h3-4,6,10H,2,5,7,15H2,1H3,(H,16,17). The van der Waals surface area contributed by atoms with Gasteiger partial charge in [-0.15, -0.1) is 0 Å². The Morgan fingerprint density at radius 3 is 2.76 bits per heavy atom. The van der Waals surface area contributed by atoms with E-state index >= 15 is 0 Å². The van der Waals surface area contributed by atoms with E-state index in [0.29, 0.717) is 6.54 Å². The maximum Gasteiger partial charge on any atom is 0.224 e. The van der Waals surface area contributed by atoms with Gasteiger partial charge in [0.15, 0.2) is 0 Å². The Kier molecular flexibility index (Phi) is 5.03. The Morgan fingerprint density at radius 2 is 2.18 bits per heavy atom. The van der Waals surface area contributed by atoms with E-state index in [1.807, 2.05) is 6.92 Å². The van der Waals surface area contributed by atoms with Crippen LogP contribution >= 0.6 is 0 Å². The number of hydrogen-bond donors (Lipinski definition) is 2. The molecule has 0 bridgehead atoms. The Balaban J connectivity index is 2.50. The molecular weight excluding hydrogens is 226 g/mol. The van der Waals surface area contributed by atoms with Crippen LogP contribution in [-0.2, 0) is 11.2 Å². The first-order valence-electron chi connectivity index (χ1n) is 5.49. The van der Waals surface area contributed by atoms with Gasteiger partial charge in [-0.2, -0.15) is 0 Å². The fourth-order valence-electron chi connectivity index (χ4n) is 1.29. The molecule has 3 nitrogen and oxygen atoms in total. The molecule has 0 heterocycles. The smallest absolute Gasteiger partial charge is 0.224 e. The minimum absolute atomic E-state index is 0.1000. The molecule has 3 N–H and O–H groups in total. The highest BCUT2D eigenvalue weighted by Crippen LogP contribution is 2.09. The molecule has 0 aromatic heterocycles. The van der Waals surface area contributed by atoms with Crippen molar-refractivity contribution in [1.82, 2.24) is 5.32 Å². The molecule has 0 saturated heterocycles.